The molecule has 2 aromatic carbocycles. The average Bonchev–Trinajstić information content (AvgIpc) is 3.62. The standard InChI is InChI=1S/3C12H15N/c1-12(2,3)10-4-5-11-9(8-10)6-7-13-11;1-12(2,3)10-5-4-9-6-7-13-11(9)8-10;1-12(2,3)10-6-8-13-7-4-5-11(13)9-10/h2*4-8,13H,1-3H3;4-9H,1-3H3. The second-order valence-corrected chi connectivity index (χ2v) is 13.6. The number of H-pyrrole nitrogens is 2. The van der Waals surface area contributed by atoms with Crippen LogP contribution >= 0.6 is 0 Å². The lowest BCUT2D eigenvalue weighted by Gasteiger charge is -2.18. The summed E-state index contributed by atoms with van der Waals surface area (Å²) in [7, 11) is 0. The molecule has 0 saturated heterocycles. The lowest BCUT2D eigenvalue weighted by atomic mass is 9.86. The number of rotatable bonds is 0. The fourth-order valence-electron chi connectivity index (χ4n) is 4.53. The molecule has 3 nitrogen and oxygen atoms in total. The van der Waals surface area contributed by atoms with Crippen LogP contribution in [0, 0.1) is 0 Å². The highest BCUT2D eigenvalue weighted by Gasteiger charge is 2.15. The van der Waals surface area contributed by atoms with Crippen molar-refractivity contribution in [3.63, 3.8) is 0 Å². The number of hydrogen-bond donors (Lipinski definition) is 2. The summed E-state index contributed by atoms with van der Waals surface area (Å²) in [5.41, 5.74) is 8.59. The van der Waals surface area contributed by atoms with Gasteiger partial charge in [-0.3, -0.25) is 0 Å². The van der Waals surface area contributed by atoms with Gasteiger partial charge in [-0.25, -0.2) is 0 Å². The highest BCUT2D eigenvalue weighted by molar-refractivity contribution is 5.80. The molecule has 0 bridgehead atoms. The van der Waals surface area contributed by atoms with E-state index >= 15 is 0 Å². The minimum absolute atomic E-state index is 0.235. The van der Waals surface area contributed by atoms with E-state index in [9.17, 15) is 0 Å². The molecule has 4 aromatic heterocycles. The monoisotopic (exact) mass is 519 g/mol. The Morgan fingerprint density at radius 2 is 1.05 bits per heavy atom. The molecule has 0 radical (unpaired) electrons. The van der Waals surface area contributed by atoms with Crippen LogP contribution in [0.2, 0.25) is 0 Å². The quantitative estimate of drug-likeness (QED) is 0.200. The van der Waals surface area contributed by atoms with Crippen molar-refractivity contribution in [3.8, 4) is 0 Å². The van der Waals surface area contributed by atoms with Crippen LogP contribution in [-0.4, -0.2) is 14.4 Å². The summed E-state index contributed by atoms with van der Waals surface area (Å²) < 4.78 is 2.13. The third-order valence-electron chi connectivity index (χ3n) is 7.24. The highest BCUT2D eigenvalue weighted by atomic mass is 14.8. The summed E-state index contributed by atoms with van der Waals surface area (Å²) in [4.78, 5) is 6.43. The summed E-state index contributed by atoms with van der Waals surface area (Å²) in [5, 5.41) is 2.58. The van der Waals surface area contributed by atoms with Gasteiger partial charge in [-0.15, -0.1) is 0 Å². The molecule has 204 valence electrons. The van der Waals surface area contributed by atoms with Gasteiger partial charge in [0.15, 0.2) is 0 Å². The molecule has 0 atom stereocenters. The molecule has 0 spiro atoms. The van der Waals surface area contributed by atoms with Crippen LogP contribution in [-0.2, 0) is 16.2 Å². The molecule has 0 fully saturated rings. The van der Waals surface area contributed by atoms with Crippen LogP contribution in [0.4, 0.5) is 0 Å². The molecule has 6 aromatic rings. The van der Waals surface area contributed by atoms with Crippen LogP contribution in [0.15, 0.2) is 97.6 Å². The van der Waals surface area contributed by atoms with Gasteiger partial charge in [0.25, 0.3) is 0 Å². The Hall–Kier alpha value is -3.72. The average molecular weight is 520 g/mol. The van der Waals surface area contributed by atoms with E-state index in [1.165, 1.54) is 44.0 Å². The van der Waals surface area contributed by atoms with E-state index in [0.29, 0.717) is 0 Å². The fraction of sp³-hybridized carbons (Fsp3) is 0.333. The van der Waals surface area contributed by atoms with E-state index in [1.807, 2.05) is 12.4 Å². The van der Waals surface area contributed by atoms with Crippen molar-refractivity contribution >= 4 is 27.3 Å². The van der Waals surface area contributed by atoms with Crippen LogP contribution in [0.5, 0.6) is 0 Å². The van der Waals surface area contributed by atoms with Gasteiger partial charge < -0.3 is 14.4 Å². The van der Waals surface area contributed by atoms with Crippen molar-refractivity contribution in [2.45, 2.75) is 78.6 Å². The largest absolute Gasteiger partial charge is 0.361 e. The Bertz CT molecular complexity index is 1450. The van der Waals surface area contributed by atoms with Crippen molar-refractivity contribution in [1.82, 2.24) is 14.4 Å². The third kappa shape index (κ3) is 7.03. The van der Waals surface area contributed by atoms with Crippen molar-refractivity contribution in [2.75, 3.05) is 0 Å². The summed E-state index contributed by atoms with van der Waals surface area (Å²) in [6, 6.07) is 26.1. The lowest BCUT2D eigenvalue weighted by Crippen LogP contribution is -2.10. The number of benzene rings is 2. The predicted molar refractivity (Wildman–Crippen MR) is 170 cm³/mol. The SMILES string of the molecule is CC(C)(C)c1ccc2[nH]ccc2c1.CC(C)(C)c1ccc2cc[nH]c2c1.CC(C)(C)c1ccn2cccc2c1. The third-order valence-corrected chi connectivity index (χ3v) is 7.24. The Morgan fingerprint density at radius 1 is 0.487 bits per heavy atom. The van der Waals surface area contributed by atoms with Gasteiger partial charge in [0, 0.05) is 41.3 Å². The van der Waals surface area contributed by atoms with Crippen LogP contribution in [0.3, 0.4) is 0 Å². The summed E-state index contributed by atoms with van der Waals surface area (Å²) in [6.07, 6.45) is 8.16. The molecule has 4 heterocycles. The molecule has 0 aliphatic carbocycles. The fourth-order valence-corrected chi connectivity index (χ4v) is 4.53. The van der Waals surface area contributed by atoms with Gasteiger partial charge in [-0.2, -0.15) is 0 Å². The first-order valence-corrected chi connectivity index (χ1v) is 13.9. The predicted octanol–water partition coefficient (Wildman–Crippen LogP) is 10.2. The maximum atomic E-state index is 3.23. The van der Waals surface area contributed by atoms with E-state index in [0.717, 1.165) is 0 Å². The zero-order valence-corrected chi connectivity index (χ0v) is 25.2. The number of hydrogen-bond acceptors (Lipinski definition) is 0. The van der Waals surface area contributed by atoms with E-state index in [2.05, 4.69) is 162 Å². The molecular weight excluding hydrogens is 474 g/mol. The molecule has 39 heavy (non-hydrogen) atoms. The normalized spacial score (nSPS) is 12.2. The Morgan fingerprint density at radius 3 is 1.72 bits per heavy atom. The van der Waals surface area contributed by atoms with E-state index < -0.39 is 0 Å². The number of aromatic nitrogens is 3. The number of fused-ring (bicyclic) bond motifs is 3. The van der Waals surface area contributed by atoms with Crippen LogP contribution < -0.4 is 0 Å². The first-order valence-electron chi connectivity index (χ1n) is 13.9. The molecule has 0 aliphatic rings. The second kappa shape index (κ2) is 10.8. The minimum Gasteiger partial charge on any atom is -0.361 e. The van der Waals surface area contributed by atoms with E-state index in [1.54, 1.807) is 0 Å². The number of aromatic amines is 2. The number of nitrogens with zero attached hydrogens (tertiary/aromatic N) is 1. The van der Waals surface area contributed by atoms with Crippen molar-refractivity contribution in [3.05, 3.63) is 114 Å². The van der Waals surface area contributed by atoms with Gasteiger partial charge in [0.2, 0.25) is 0 Å². The van der Waals surface area contributed by atoms with Gasteiger partial charge >= 0.3 is 0 Å². The van der Waals surface area contributed by atoms with Crippen LogP contribution in [0.25, 0.3) is 27.3 Å². The van der Waals surface area contributed by atoms with Crippen molar-refractivity contribution in [1.29, 1.82) is 0 Å². The molecule has 0 saturated carbocycles. The lowest BCUT2D eigenvalue weighted by molar-refractivity contribution is 0.590. The minimum atomic E-state index is 0.235. The zero-order valence-electron chi connectivity index (χ0n) is 25.2. The van der Waals surface area contributed by atoms with Crippen molar-refractivity contribution in [2.24, 2.45) is 0 Å². The molecule has 2 N–H and O–H groups in total. The summed E-state index contributed by atoms with van der Waals surface area (Å²) in [5.74, 6) is 0. The molecule has 0 unspecified atom stereocenters. The van der Waals surface area contributed by atoms with E-state index in [4.69, 9.17) is 0 Å². The molecule has 0 amide bonds. The van der Waals surface area contributed by atoms with Gasteiger partial charge in [0.05, 0.1) is 0 Å². The Labute approximate surface area is 234 Å². The van der Waals surface area contributed by atoms with Crippen LogP contribution in [0.1, 0.15) is 79.0 Å². The topological polar surface area (TPSA) is 36.0 Å². The van der Waals surface area contributed by atoms with Gasteiger partial charge in [-0.1, -0.05) is 80.5 Å². The zero-order chi connectivity index (χ0) is 28.4. The number of pyridine rings is 1. The number of nitrogens with one attached hydrogen (secondary N) is 2. The maximum absolute atomic E-state index is 3.23. The van der Waals surface area contributed by atoms with E-state index in [-0.39, 0.29) is 16.2 Å². The first kappa shape index (κ1) is 28.3. The van der Waals surface area contributed by atoms with Gasteiger partial charge in [-0.05, 0) is 98.3 Å². The molecule has 6 rings (SSSR count). The Balaban J connectivity index is 0.000000136. The highest BCUT2D eigenvalue weighted by Crippen LogP contribution is 2.26. The molecule has 0 aliphatic heterocycles. The maximum Gasteiger partial charge on any atom is 0.0456 e. The smallest absolute Gasteiger partial charge is 0.0456 e. The van der Waals surface area contributed by atoms with Crippen molar-refractivity contribution < 1.29 is 0 Å². The summed E-state index contributed by atoms with van der Waals surface area (Å²) >= 11 is 0. The Kier molecular flexibility index (Phi) is 7.84. The molecule has 3 heteroatoms. The first-order chi connectivity index (χ1) is 18.2. The van der Waals surface area contributed by atoms with Gasteiger partial charge in [0.1, 0.15) is 0 Å². The summed E-state index contributed by atoms with van der Waals surface area (Å²) in [6.45, 7) is 20.1. The molecular formula is C36H45N3. The second-order valence-electron chi connectivity index (χ2n) is 13.6.